The Hall–Kier alpha value is -2.40. The van der Waals surface area contributed by atoms with Crippen LogP contribution in [-0.2, 0) is 17.8 Å². The van der Waals surface area contributed by atoms with Gasteiger partial charge in [-0.15, -0.1) is 0 Å². The first kappa shape index (κ1) is 21.3. The molecule has 0 saturated carbocycles. The van der Waals surface area contributed by atoms with Crippen molar-refractivity contribution < 1.29 is 9.59 Å². The van der Waals surface area contributed by atoms with Crippen molar-refractivity contribution in [1.29, 1.82) is 0 Å². The molecular formula is C24H33N3O2. The Kier molecular flexibility index (Phi) is 7.26. The number of hydrogen-bond donors (Lipinski definition) is 1. The number of Topliss-reactive ketones (excluding diaryl/α,β-unsaturated/α-hetero) is 1. The second-order valence-corrected chi connectivity index (χ2v) is 8.06. The lowest BCUT2D eigenvalue weighted by molar-refractivity contribution is -0.126. The van der Waals surface area contributed by atoms with E-state index in [1.165, 1.54) is 5.56 Å². The molecule has 1 aromatic carbocycles. The van der Waals surface area contributed by atoms with Gasteiger partial charge in [-0.3, -0.25) is 14.5 Å². The molecule has 1 atom stereocenters. The number of benzene rings is 1. The van der Waals surface area contributed by atoms with Gasteiger partial charge in [0, 0.05) is 36.6 Å². The van der Waals surface area contributed by atoms with Crippen molar-refractivity contribution in [2.45, 2.75) is 46.6 Å². The summed E-state index contributed by atoms with van der Waals surface area (Å²) >= 11 is 0. The van der Waals surface area contributed by atoms with Crippen molar-refractivity contribution in [3.8, 4) is 0 Å². The van der Waals surface area contributed by atoms with Crippen LogP contribution in [0.2, 0.25) is 0 Å². The smallest absolute Gasteiger partial charge is 0.224 e. The summed E-state index contributed by atoms with van der Waals surface area (Å²) in [7, 11) is 0. The maximum absolute atomic E-state index is 13.0. The fourth-order valence-electron chi connectivity index (χ4n) is 4.33. The average Bonchev–Trinajstić information content (AvgIpc) is 3.01. The SMILES string of the molecule is CCNC(=O)C1CCCN(CC(=O)c2cc(C)n(CCc3ccccc3)c2C)C1. The number of nitrogens with zero attached hydrogens (tertiary/aromatic N) is 2. The predicted octanol–water partition coefficient (Wildman–Crippen LogP) is 3.38. The number of nitrogens with one attached hydrogen (secondary N) is 1. The van der Waals surface area contributed by atoms with Crippen LogP contribution < -0.4 is 5.32 Å². The second-order valence-electron chi connectivity index (χ2n) is 8.06. The van der Waals surface area contributed by atoms with Crippen LogP contribution in [0, 0.1) is 19.8 Å². The Morgan fingerprint density at radius 1 is 1.17 bits per heavy atom. The molecule has 0 radical (unpaired) electrons. The van der Waals surface area contributed by atoms with Gasteiger partial charge in [0.15, 0.2) is 5.78 Å². The first-order valence-electron chi connectivity index (χ1n) is 10.7. The van der Waals surface area contributed by atoms with Gasteiger partial charge in [0.1, 0.15) is 0 Å². The predicted molar refractivity (Wildman–Crippen MR) is 116 cm³/mol. The summed E-state index contributed by atoms with van der Waals surface area (Å²) in [6.45, 7) is 9.52. The maximum atomic E-state index is 13.0. The second kappa shape index (κ2) is 9.88. The molecule has 2 heterocycles. The molecule has 1 amide bonds. The number of hydrogen-bond acceptors (Lipinski definition) is 3. The van der Waals surface area contributed by atoms with E-state index in [9.17, 15) is 9.59 Å². The van der Waals surface area contributed by atoms with Crippen molar-refractivity contribution in [3.63, 3.8) is 0 Å². The summed E-state index contributed by atoms with van der Waals surface area (Å²) in [5.74, 6) is 0.263. The average molecular weight is 396 g/mol. The quantitative estimate of drug-likeness (QED) is 0.697. The Morgan fingerprint density at radius 3 is 2.66 bits per heavy atom. The largest absolute Gasteiger partial charge is 0.356 e. The molecule has 2 aromatic rings. The third kappa shape index (κ3) is 5.36. The van der Waals surface area contributed by atoms with Gasteiger partial charge in [-0.25, -0.2) is 0 Å². The lowest BCUT2D eigenvalue weighted by Crippen LogP contribution is -2.44. The van der Waals surface area contributed by atoms with Gasteiger partial charge in [-0.2, -0.15) is 0 Å². The molecule has 0 spiro atoms. The number of aromatic nitrogens is 1. The summed E-state index contributed by atoms with van der Waals surface area (Å²) < 4.78 is 2.24. The van der Waals surface area contributed by atoms with Gasteiger partial charge >= 0.3 is 0 Å². The van der Waals surface area contributed by atoms with Crippen LogP contribution in [0.25, 0.3) is 0 Å². The first-order valence-corrected chi connectivity index (χ1v) is 10.7. The van der Waals surface area contributed by atoms with E-state index in [4.69, 9.17) is 0 Å². The minimum atomic E-state index is -0.00481. The molecule has 1 N–H and O–H groups in total. The molecule has 1 aliphatic rings. The minimum Gasteiger partial charge on any atom is -0.356 e. The van der Waals surface area contributed by atoms with E-state index >= 15 is 0 Å². The Morgan fingerprint density at radius 2 is 1.93 bits per heavy atom. The van der Waals surface area contributed by atoms with Gasteiger partial charge in [0.25, 0.3) is 0 Å². The van der Waals surface area contributed by atoms with Crippen molar-refractivity contribution in [2.75, 3.05) is 26.2 Å². The van der Waals surface area contributed by atoms with Crippen LogP contribution in [0.4, 0.5) is 0 Å². The van der Waals surface area contributed by atoms with Crippen LogP contribution in [0.5, 0.6) is 0 Å². The zero-order chi connectivity index (χ0) is 20.8. The zero-order valence-corrected chi connectivity index (χ0v) is 17.9. The van der Waals surface area contributed by atoms with Gasteiger partial charge in [0.2, 0.25) is 5.91 Å². The summed E-state index contributed by atoms with van der Waals surface area (Å²) in [5, 5.41) is 2.91. The fraction of sp³-hybridized carbons (Fsp3) is 0.500. The van der Waals surface area contributed by atoms with Gasteiger partial charge in [-0.1, -0.05) is 30.3 Å². The molecule has 1 aromatic heterocycles. The summed E-state index contributed by atoms with van der Waals surface area (Å²) in [4.78, 5) is 27.3. The van der Waals surface area contributed by atoms with Crippen LogP contribution in [-0.4, -0.2) is 47.3 Å². The molecule has 0 bridgehead atoms. The minimum absolute atomic E-state index is 0.00481. The zero-order valence-electron chi connectivity index (χ0n) is 17.9. The van der Waals surface area contributed by atoms with Crippen molar-refractivity contribution >= 4 is 11.7 Å². The van der Waals surface area contributed by atoms with Crippen molar-refractivity contribution in [3.05, 3.63) is 58.9 Å². The molecule has 1 unspecified atom stereocenters. The molecule has 1 fully saturated rings. The molecule has 29 heavy (non-hydrogen) atoms. The maximum Gasteiger partial charge on any atom is 0.224 e. The first-order chi connectivity index (χ1) is 14.0. The van der Waals surface area contributed by atoms with Crippen LogP contribution in [0.15, 0.2) is 36.4 Å². The number of likely N-dealkylation sites (tertiary alicyclic amines) is 1. The molecule has 1 aliphatic heterocycles. The Bertz CT molecular complexity index is 841. The highest BCUT2D eigenvalue weighted by atomic mass is 16.2. The van der Waals surface area contributed by atoms with Gasteiger partial charge < -0.3 is 9.88 Å². The molecule has 1 saturated heterocycles. The highest BCUT2D eigenvalue weighted by Gasteiger charge is 2.27. The summed E-state index contributed by atoms with van der Waals surface area (Å²) in [5.41, 5.74) is 4.29. The van der Waals surface area contributed by atoms with E-state index in [1.807, 2.05) is 26.0 Å². The Labute approximate surface area is 174 Å². The number of carbonyl (C=O) groups excluding carboxylic acids is 2. The number of piperidine rings is 1. The normalized spacial score (nSPS) is 17.3. The lowest BCUT2D eigenvalue weighted by Gasteiger charge is -2.31. The molecule has 156 valence electrons. The standard InChI is InChI=1S/C24H33N3O2/c1-4-25-24(29)21-11-8-13-26(16-21)17-23(28)22-15-18(2)27(19(22)3)14-12-20-9-6-5-7-10-20/h5-7,9-10,15,21H,4,8,11-14,16-17H2,1-3H3,(H,25,29). The van der Waals surface area contributed by atoms with E-state index < -0.39 is 0 Å². The number of ketones is 1. The van der Waals surface area contributed by atoms with Crippen molar-refractivity contribution in [2.24, 2.45) is 5.92 Å². The molecule has 3 rings (SSSR count). The molecule has 0 aliphatic carbocycles. The highest BCUT2D eigenvalue weighted by molar-refractivity contribution is 5.99. The number of amides is 1. The van der Waals surface area contributed by atoms with E-state index in [0.717, 1.165) is 49.3 Å². The Balaban J connectivity index is 1.63. The van der Waals surface area contributed by atoms with Crippen LogP contribution >= 0.6 is 0 Å². The lowest BCUT2D eigenvalue weighted by atomic mass is 9.96. The van der Waals surface area contributed by atoms with E-state index in [0.29, 0.717) is 19.6 Å². The third-order valence-electron chi connectivity index (χ3n) is 5.94. The molecule has 5 heteroatoms. The highest BCUT2D eigenvalue weighted by Crippen LogP contribution is 2.20. The third-order valence-corrected chi connectivity index (χ3v) is 5.94. The number of rotatable bonds is 8. The summed E-state index contributed by atoms with van der Waals surface area (Å²) in [6, 6.07) is 12.5. The summed E-state index contributed by atoms with van der Waals surface area (Å²) in [6.07, 6.45) is 2.82. The van der Waals surface area contributed by atoms with Gasteiger partial charge in [-0.05, 0) is 58.2 Å². The van der Waals surface area contributed by atoms with Gasteiger partial charge in [0.05, 0.1) is 12.5 Å². The fourth-order valence-corrected chi connectivity index (χ4v) is 4.33. The van der Waals surface area contributed by atoms with E-state index in [-0.39, 0.29) is 17.6 Å². The number of aryl methyl sites for hydroxylation is 2. The molecular weight excluding hydrogens is 362 g/mol. The monoisotopic (exact) mass is 395 g/mol. The van der Waals surface area contributed by atoms with Crippen molar-refractivity contribution in [1.82, 2.24) is 14.8 Å². The number of carbonyl (C=O) groups is 2. The van der Waals surface area contributed by atoms with Crippen LogP contribution in [0.3, 0.4) is 0 Å². The van der Waals surface area contributed by atoms with E-state index in [2.05, 4.69) is 46.0 Å². The molecule has 5 nitrogen and oxygen atoms in total. The topological polar surface area (TPSA) is 54.3 Å². The van der Waals surface area contributed by atoms with E-state index in [1.54, 1.807) is 0 Å². The van der Waals surface area contributed by atoms with Crippen LogP contribution in [0.1, 0.15) is 47.1 Å².